The summed E-state index contributed by atoms with van der Waals surface area (Å²) in [6.45, 7) is 6.27. The molecule has 2 nitrogen and oxygen atoms in total. The molecule has 0 saturated heterocycles. The predicted octanol–water partition coefficient (Wildman–Crippen LogP) is 2.89. The largest absolute Gasteiger partial charge is 0.448 e. The van der Waals surface area contributed by atoms with Gasteiger partial charge in [0.15, 0.2) is 5.89 Å². The lowest BCUT2D eigenvalue weighted by molar-refractivity contribution is 0.443. The van der Waals surface area contributed by atoms with E-state index < -0.39 is 0 Å². The van der Waals surface area contributed by atoms with E-state index in [9.17, 15) is 0 Å². The molecule has 0 N–H and O–H groups in total. The van der Waals surface area contributed by atoms with Crippen LogP contribution in [0, 0.1) is 6.92 Å². The second-order valence-corrected chi connectivity index (χ2v) is 3.02. The van der Waals surface area contributed by atoms with Gasteiger partial charge in [0.1, 0.15) is 6.26 Å². The fourth-order valence-corrected chi connectivity index (χ4v) is 1.16. The highest BCUT2D eigenvalue weighted by molar-refractivity contribution is 4.97. The van der Waals surface area contributed by atoms with Crippen molar-refractivity contribution < 1.29 is 4.42 Å². The summed E-state index contributed by atoms with van der Waals surface area (Å²) in [5.41, 5.74) is 0.975. The monoisotopic (exact) mass is 153 g/mol. The zero-order valence-electron chi connectivity index (χ0n) is 7.42. The average molecular weight is 153 g/mol. The van der Waals surface area contributed by atoms with Crippen molar-refractivity contribution >= 4 is 0 Å². The fraction of sp³-hybridized carbons (Fsp3) is 0.667. The summed E-state index contributed by atoms with van der Waals surface area (Å²) < 4.78 is 5.27. The van der Waals surface area contributed by atoms with Crippen LogP contribution in [0.5, 0.6) is 0 Å². The van der Waals surface area contributed by atoms with Gasteiger partial charge in [-0.25, -0.2) is 4.98 Å². The lowest BCUT2D eigenvalue weighted by atomic mass is 10.1. The van der Waals surface area contributed by atoms with Crippen molar-refractivity contribution in [3.05, 3.63) is 17.8 Å². The number of rotatable bonds is 3. The first kappa shape index (κ1) is 8.31. The van der Waals surface area contributed by atoms with Gasteiger partial charge >= 0.3 is 0 Å². The molecule has 0 aromatic carbocycles. The number of aryl methyl sites for hydroxylation is 1. The molecule has 62 valence electrons. The molecule has 0 amide bonds. The number of hydrogen-bond acceptors (Lipinski definition) is 2. The first-order chi connectivity index (χ1) is 5.24. The highest BCUT2D eigenvalue weighted by Crippen LogP contribution is 2.18. The van der Waals surface area contributed by atoms with Crippen LogP contribution < -0.4 is 0 Å². The molecule has 1 unspecified atom stereocenters. The SMILES string of the molecule is CCCC(C)c1nc(C)co1. The lowest BCUT2D eigenvalue weighted by Crippen LogP contribution is -1.92. The summed E-state index contributed by atoms with van der Waals surface area (Å²) in [6, 6.07) is 0. The van der Waals surface area contributed by atoms with Gasteiger partial charge in [-0.3, -0.25) is 0 Å². The van der Waals surface area contributed by atoms with Crippen LogP contribution in [-0.2, 0) is 0 Å². The van der Waals surface area contributed by atoms with Gasteiger partial charge in [-0.05, 0) is 13.3 Å². The Kier molecular flexibility index (Phi) is 2.69. The summed E-state index contributed by atoms with van der Waals surface area (Å²) in [4.78, 5) is 4.26. The van der Waals surface area contributed by atoms with Gasteiger partial charge in [0.2, 0.25) is 0 Å². The molecule has 1 rings (SSSR count). The Hall–Kier alpha value is -0.790. The van der Waals surface area contributed by atoms with E-state index >= 15 is 0 Å². The standard InChI is InChI=1S/C9H15NO/c1-4-5-7(2)9-10-8(3)6-11-9/h6-7H,4-5H2,1-3H3. The Bertz CT molecular complexity index is 217. The van der Waals surface area contributed by atoms with Crippen LogP contribution in [0.1, 0.15) is 44.2 Å². The van der Waals surface area contributed by atoms with Crippen LogP contribution in [0.3, 0.4) is 0 Å². The molecule has 1 aromatic rings. The fourth-order valence-electron chi connectivity index (χ4n) is 1.16. The minimum atomic E-state index is 0.466. The third-order valence-corrected chi connectivity index (χ3v) is 1.78. The number of nitrogens with zero attached hydrogens (tertiary/aromatic N) is 1. The molecule has 0 aliphatic carbocycles. The normalized spacial score (nSPS) is 13.4. The average Bonchev–Trinajstić information content (AvgIpc) is 2.36. The zero-order valence-corrected chi connectivity index (χ0v) is 7.42. The Morgan fingerprint density at radius 1 is 1.64 bits per heavy atom. The Labute approximate surface area is 67.6 Å². The van der Waals surface area contributed by atoms with Crippen molar-refractivity contribution in [2.24, 2.45) is 0 Å². The highest BCUT2D eigenvalue weighted by atomic mass is 16.3. The molecule has 0 aliphatic rings. The van der Waals surface area contributed by atoms with E-state index in [0.717, 1.165) is 18.0 Å². The number of hydrogen-bond donors (Lipinski definition) is 0. The van der Waals surface area contributed by atoms with Gasteiger partial charge in [-0.1, -0.05) is 20.3 Å². The summed E-state index contributed by atoms with van der Waals surface area (Å²) in [7, 11) is 0. The third kappa shape index (κ3) is 2.07. The van der Waals surface area contributed by atoms with E-state index in [4.69, 9.17) is 4.42 Å². The molecule has 0 bridgehead atoms. The van der Waals surface area contributed by atoms with Gasteiger partial charge in [-0.15, -0.1) is 0 Å². The second kappa shape index (κ2) is 3.56. The van der Waals surface area contributed by atoms with E-state index in [-0.39, 0.29) is 0 Å². The summed E-state index contributed by atoms with van der Waals surface area (Å²) in [5.74, 6) is 1.35. The van der Waals surface area contributed by atoms with Crippen LogP contribution in [0.25, 0.3) is 0 Å². The lowest BCUT2D eigenvalue weighted by Gasteiger charge is -2.02. The first-order valence-electron chi connectivity index (χ1n) is 4.16. The minimum absolute atomic E-state index is 0.466. The van der Waals surface area contributed by atoms with Crippen LogP contribution >= 0.6 is 0 Å². The summed E-state index contributed by atoms with van der Waals surface area (Å²) in [6.07, 6.45) is 4.05. The van der Waals surface area contributed by atoms with Crippen LogP contribution in [0.15, 0.2) is 10.7 Å². The molecule has 1 aromatic heterocycles. The van der Waals surface area contributed by atoms with Crippen LogP contribution in [-0.4, -0.2) is 4.98 Å². The molecule has 0 aliphatic heterocycles. The molecule has 1 heterocycles. The molecular formula is C9H15NO. The molecular weight excluding hydrogens is 138 g/mol. The molecule has 0 saturated carbocycles. The summed E-state index contributed by atoms with van der Waals surface area (Å²) >= 11 is 0. The predicted molar refractivity (Wildman–Crippen MR) is 44.6 cm³/mol. The third-order valence-electron chi connectivity index (χ3n) is 1.78. The van der Waals surface area contributed by atoms with E-state index in [1.807, 2.05) is 6.92 Å². The maximum Gasteiger partial charge on any atom is 0.197 e. The maximum absolute atomic E-state index is 5.27. The molecule has 1 atom stereocenters. The minimum Gasteiger partial charge on any atom is -0.448 e. The van der Waals surface area contributed by atoms with E-state index in [1.165, 1.54) is 6.42 Å². The quantitative estimate of drug-likeness (QED) is 0.667. The second-order valence-electron chi connectivity index (χ2n) is 3.02. The van der Waals surface area contributed by atoms with Gasteiger partial charge in [0.25, 0.3) is 0 Å². The molecule has 0 spiro atoms. The zero-order chi connectivity index (χ0) is 8.27. The van der Waals surface area contributed by atoms with Gasteiger partial charge in [-0.2, -0.15) is 0 Å². The van der Waals surface area contributed by atoms with Crippen molar-refractivity contribution in [1.82, 2.24) is 4.98 Å². The van der Waals surface area contributed by atoms with Crippen LogP contribution in [0.2, 0.25) is 0 Å². The van der Waals surface area contributed by atoms with Crippen molar-refractivity contribution in [2.45, 2.75) is 39.5 Å². The van der Waals surface area contributed by atoms with E-state index in [0.29, 0.717) is 5.92 Å². The first-order valence-corrected chi connectivity index (χ1v) is 4.16. The van der Waals surface area contributed by atoms with Gasteiger partial charge < -0.3 is 4.42 Å². The highest BCUT2D eigenvalue weighted by Gasteiger charge is 2.09. The maximum atomic E-state index is 5.27. The molecule has 2 heteroatoms. The van der Waals surface area contributed by atoms with Crippen molar-refractivity contribution in [1.29, 1.82) is 0 Å². The number of oxazole rings is 1. The van der Waals surface area contributed by atoms with E-state index in [2.05, 4.69) is 18.8 Å². The van der Waals surface area contributed by atoms with Crippen LogP contribution in [0.4, 0.5) is 0 Å². The Morgan fingerprint density at radius 3 is 2.82 bits per heavy atom. The Morgan fingerprint density at radius 2 is 2.36 bits per heavy atom. The summed E-state index contributed by atoms with van der Waals surface area (Å²) in [5, 5.41) is 0. The van der Waals surface area contributed by atoms with Gasteiger partial charge in [0, 0.05) is 5.92 Å². The van der Waals surface area contributed by atoms with Gasteiger partial charge in [0.05, 0.1) is 5.69 Å². The topological polar surface area (TPSA) is 26.0 Å². The Balaban J connectivity index is 2.60. The van der Waals surface area contributed by atoms with Crippen molar-refractivity contribution in [3.8, 4) is 0 Å². The van der Waals surface area contributed by atoms with E-state index in [1.54, 1.807) is 6.26 Å². The molecule has 0 fully saturated rings. The van der Waals surface area contributed by atoms with Crippen molar-refractivity contribution in [2.75, 3.05) is 0 Å². The van der Waals surface area contributed by atoms with Crippen molar-refractivity contribution in [3.63, 3.8) is 0 Å². The number of aromatic nitrogens is 1. The smallest absolute Gasteiger partial charge is 0.197 e. The molecule has 11 heavy (non-hydrogen) atoms. The molecule has 0 radical (unpaired) electrons.